The highest BCUT2D eigenvalue weighted by atomic mass is 35.5. The van der Waals surface area contributed by atoms with Crippen molar-refractivity contribution in [3.63, 3.8) is 0 Å². The average molecular weight is 338 g/mol. The number of carbonyl (C=O) groups is 1. The van der Waals surface area contributed by atoms with Gasteiger partial charge in [0.15, 0.2) is 11.5 Å². The Bertz CT molecular complexity index is 762. The molecule has 0 radical (unpaired) electrons. The smallest absolute Gasteiger partial charge is 0.347 e. The molecule has 23 heavy (non-hydrogen) atoms. The normalized spacial score (nSPS) is 10.0. The number of benzene rings is 2. The lowest BCUT2D eigenvalue weighted by molar-refractivity contribution is -0.384. The summed E-state index contributed by atoms with van der Waals surface area (Å²) < 4.78 is 15.3. The zero-order valence-corrected chi connectivity index (χ0v) is 13.0. The van der Waals surface area contributed by atoms with Gasteiger partial charge in [-0.3, -0.25) is 10.1 Å². The minimum Gasteiger partial charge on any atom is -0.496 e. The molecule has 0 heterocycles. The highest BCUT2D eigenvalue weighted by Crippen LogP contribution is 2.33. The number of carbonyl (C=O) groups excluding carboxylic acids is 1. The number of non-ortho nitro benzene ring substituents is 1. The molecule has 0 amide bonds. The van der Waals surface area contributed by atoms with Gasteiger partial charge in [-0.1, -0.05) is 11.6 Å². The highest BCUT2D eigenvalue weighted by Gasteiger charge is 2.19. The van der Waals surface area contributed by atoms with Gasteiger partial charge in [0.05, 0.1) is 25.2 Å². The van der Waals surface area contributed by atoms with Crippen molar-refractivity contribution in [2.45, 2.75) is 0 Å². The van der Waals surface area contributed by atoms with Crippen LogP contribution in [0.3, 0.4) is 0 Å². The Morgan fingerprint density at radius 3 is 2.30 bits per heavy atom. The van der Waals surface area contributed by atoms with Crippen LogP contribution >= 0.6 is 11.6 Å². The molecule has 8 heteroatoms. The van der Waals surface area contributed by atoms with E-state index in [9.17, 15) is 14.9 Å². The highest BCUT2D eigenvalue weighted by molar-refractivity contribution is 6.31. The van der Waals surface area contributed by atoms with Gasteiger partial charge >= 0.3 is 5.97 Å². The second-order valence-electron chi connectivity index (χ2n) is 4.33. The Hall–Kier alpha value is -2.80. The fraction of sp³-hybridized carbons (Fsp3) is 0.133. The predicted molar refractivity (Wildman–Crippen MR) is 82.6 cm³/mol. The van der Waals surface area contributed by atoms with Crippen molar-refractivity contribution in [1.82, 2.24) is 0 Å². The standard InChI is InChI=1S/C15H12ClNO6/c1-21-12-5-3-9(16)7-11(12)15(18)23-14-8-10(17(19)20)4-6-13(14)22-2/h3-8H,1-2H3. The molecule has 7 nitrogen and oxygen atoms in total. The molecule has 0 bridgehead atoms. The number of esters is 1. The van der Waals surface area contributed by atoms with Crippen molar-refractivity contribution in [3.8, 4) is 17.2 Å². The summed E-state index contributed by atoms with van der Waals surface area (Å²) >= 11 is 5.87. The van der Waals surface area contributed by atoms with Gasteiger partial charge in [0.25, 0.3) is 5.69 Å². The van der Waals surface area contributed by atoms with Crippen LogP contribution in [0.4, 0.5) is 5.69 Å². The lowest BCUT2D eigenvalue weighted by Gasteiger charge is -2.11. The molecule has 0 spiro atoms. The maximum atomic E-state index is 12.3. The van der Waals surface area contributed by atoms with Gasteiger partial charge in [-0.05, 0) is 24.3 Å². The van der Waals surface area contributed by atoms with E-state index in [0.717, 1.165) is 6.07 Å². The molecular formula is C15H12ClNO6. The van der Waals surface area contributed by atoms with Gasteiger partial charge in [-0.25, -0.2) is 4.79 Å². The molecule has 0 saturated heterocycles. The lowest BCUT2D eigenvalue weighted by Crippen LogP contribution is -2.11. The number of methoxy groups -OCH3 is 2. The average Bonchev–Trinajstić information content (AvgIpc) is 2.54. The number of nitro benzene ring substituents is 1. The molecule has 0 saturated carbocycles. The molecule has 0 aliphatic carbocycles. The van der Waals surface area contributed by atoms with E-state index < -0.39 is 10.9 Å². The SMILES string of the molecule is COc1ccc([N+](=O)[O-])cc1OC(=O)c1cc(Cl)ccc1OC. The molecule has 120 valence electrons. The van der Waals surface area contributed by atoms with E-state index in [-0.39, 0.29) is 28.5 Å². The Labute approximate surface area is 136 Å². The number of halogens is 1. The van der Waals surface area contributed by atoms with E-state index in [0.29, 0.717) is 5.02 Å². The Balaban J connectivity index is 2.38. The van der Waals surface area contributed by atoms with Crippen LogP contribution in [0.25, 0.3) is 0 Å². The molecule has 0 N–H and O–H groups in total. The molecule has 0 aromatic heterocycles. The number of nitrogens with zero attached hydrogens (tertiary/aromatic N) is 1. The first-order valence-electron chi connectivity index (χ1n) is 6.34. The Morgan fingerprint density at radius 1 is 1.04 bits per heavy atom. The number of ether oxygens (including phenoxy) is 3. The van der Waals surface area contributed by atoms with Crippen LogP contribution in [0.15, 0.2) is 36.4 Å². The summed E-state index contributed by atoms with van der Waals surface area (Å²) in [7, 11) is 2.76. The molecule has 2 aromatic carbocycles. The molecule has 0 unspecified atom stereocenters. The van der Waals surface area contributed by atoms with Crippen molar-refractivity contribution in [3.05, 3.63) is 57.1 Å². The first-order valence-corrected chi connectivity index (χ1v) is 6.72. The monoisotopic (exact) mass is 337 g/mol. The van der Waals surface area contributed by atoms with Crippen LogP contribution < -0.4 is 14.2 Å². The van der Waals surface area contributed by atoms with Crippen molar-refractivity contribution >= 4 is 23.3 Å². The molecule has 0 atom stereocenters. The van der Waals surface area contributed by atoms with Gasteiger partial charge in [-0.15, -0.1) is 0 Å². The molecule has 0 fully saturated rings. The molecule has 2 rings (SSSR count). The van der Waals surface area contributed by atoms with Gasteiger partial charge in [-0.2, -0.15) is 0 Å². The Morgan fingerprint density at radius 2 is 1.70 bits per heavy atom. The van der Waals surface area contributed by atoms with Crippen LogP contribution in [0.2, 0.25) is 5.02 Å². The van der Waals surface area contributed by atoms with Crippen molar-refractivity contribution in [1.29, 1.82) is 0 Å². The Kier molecular flexibility index (Phi) is 5.02. The van der Waals surface area contributed by atoms with Crippen LogP contribution in [-0.2, 0) is 0 Å². The first-order chi connectivity index (χ1) is 11.0. The van der Waals surface area contributed by atoms with Crippen molar-refractivity contribution in [2.24, 2.45) is 0 Å². The molecule has 0 aliphatic rings. The fourth-order valence-corrected chi connectivity index (χ4v) is 2.03. The van der Waals surface area contributed by atoms with Gasteiger partial charge in [0.1, 0.15) is 11.3 Å². The van der Waals surface area contributed by atoms with Crippen LogP contribution in [-0.4, -0.2) is 25.1 Å². The summed E-state index contributed by atoms with van der Waals surface area (Å²) in [6, 6.07) is 8.15. The third kappa shape index (κ3) is 3.70. The van der Waals surface area contributed by atoms with Crippen LogP contribution in [0.1, 0.15) is 10.4 Å². The van der Waals surface area contributed by atoms with Gasteiger partial charge in [0.2, 0.25) is 0 Å². The number of hydrogen-bond acceptors (Lipinski definition) is 6. The summed E-state index contributed by atoms with van der Waals surface area (Å²) in [6.07, 6.45) is 0. The van der Waals surface area contributed by atoms with Crippen LogP contribution in [0.5, 0.6) is 17.2 Å². The van der Waals surface area contributed by atoms with Gasteiger partial charge < -0.3 is 14.2 Å². The van der Waals surface area contributed by atoms with Crippen molar-refractivity contribution < 1.29 is 23.9 Å². The lowest BCUT2D eigenvalue weighted by atomic mass is 10.2. The maximum absolute atomic E-state index is 12.3. The number of rotatable bonds is 5. The zero-order chi connectivity index (χ0) is 17.0. The molecule has 2 aromatic rings. The summed E-state index contributed by atoms with van der Waals surface area (Å²) in [4.78, 5) is 22.5. The topological polar surface area (TPSA) is 87.9 Å². The maximum Gasteiger partial charge on any atom is 0.347 e. The van der Waals surface area contributed by atoms with Gasteiger partial charge in [0, 0.05) is 11.1 Å². The van der Waals surface area contributed by atoms with E-state index in [4.69, 9.17) is 25.8 Å². The second-order valence-corrected chi connectivity index (χ2v) is 4.76. The fourth-order valence-electron chi connectivity index (χ4n) is 1.85. The summed E-state index contributed by atoms with van der Waals surface area (Å²) in [5, 5.41) is 11.2. The predicted octanol–water partition coefficient (Wildman–Crippen LogP) is 3.48. The third-order valence-electron chi connectivity index (χ3n) is 2.94. The molecule has 0 aliphatic heterocycles. The van der Waals surface area contributed by atoms with E-state index in [1.165, 1.54) is 38.5 Å². The van der Waals surface area contributed by atoms with Crippen LogP contribution in [0, 0.1) is 10.1 Å². The van der Waals surface area contributed by atoms with E-state index in [2.05, 4.69) is 0 Å². The third-order valence-corrected chi connectivity index (χ3v) is 3.18. The summed E-state index contributed by atoms with van der Waals surface area (Å²) in [5.74, 6) is -0.398. The zero-order valence-electron chi connectivity index (χ0n) is 12.2. The summed E-state index contributed by atoms with van der Waals surface area (Å²) in [6.45, 7) is 0. The molecular weight excluding hydrogens is 326 g/mol. The first kappa shape index (κ1) is 16.6. The largest absolute Gasteiger partial charge is 0.496 e. The summed E-state index contributed by atoms with van der Waals surface area (Å²) in [5.41, 5.74) is -0.139. The number of hydrogen-bond donors (Lipinski definition) is 0. The minimum absolute atomic E-state index is 0.0753. The van der Waals surface area contributed by atoms with Crippen molar-refractivity contribution in [2.75, 3.05) is 14.2 Å². The van der Waals surface area contributed by atoms with E-state index >= 15 is 0 Å². The quantitative estimate of drug-likeness (QED) is 0.359. The minimum atomic E-state index is -0.775. The number of nitro groups is 1. The van der Waals surface area contributed by atoms with E-state index in [1.54, 1.807) is 6.07 Å². The second kappa shape index (κ2) is 6.97. The van der Waals surface area contributed by atoms with E-state index in [1.807, 2.05) is 0 Å².